The standard InChI is InChI=1S/C17H28N2O2/c1-12(10-13(2)20)11-18-16(21)19-15-9-7-6-8-14(15)17(3,4)5/h6-9,12-13,20H,10-11H2,1-5H3,(H2,18,19,21). The van der Waals surface area contributed by atoms with Crippen LogP contribution in [0, 0.1) is 5.92 Å². The number of aliphatic hydroxyl groups excluding tert-OH is 1. The molecule has 0 saturated carbocycles. The average Bonchev–Trinajstić information content (AvgIpc) is 2.35. The lowest BCUT2D eigenvalue weighted by Crippen LogP contribution is -2.33. The van der Waals surface area contributed by atoms with E-state index in [0.29, 0.717) is 13.0 Å². The molecule has 0 fully saturated rings. The largest absolute Gasteiger partial charge is 0.393 e. The highest BCUT2D eigenvalue weighted by Gasteiger charge is 2.18. The third-order valence-corrected chi connectivity index (χ3v) is 3.34. The van der Waals surface area contributed by atoms with Gasteiger partial charge in [-0.05, 0) is 36.3 Å². The maximum absolute atomic E-state index is 12.0. The van der Waals surface area contributed by atoms with E-state index >= 15 is 0 Å². The summed E-state index contributed by atoms with van der Waals surface area (Å²) in [5.41, 5.74) is 1.92. The number of para-hydroxylation sites is 1. The Bertz CT molecular complexity index is 464. The van der Waals surface area contributed by atoms with Crippen LogP contribution in [-0.4, -0.2) is 23.8 Å². The molecular formula is C17H28N2O2. The number of anilines is 1. The van der Waals surface area contributed by atoms with Crippen LogP contribution in [0.2, 0.25) is 0 Å². The Morgan fingerprint density at radius 3 is 2.43 bits per heavy atom. The Morgan fingerprint density at radius 1 is 1.24 bits per heavy atom. The molecule has 3 N–H and O–H groups in total. The number of rotatable bonds is 5. The van der Waals surface area contributed by atoms with Crippen molar-refractivity contribution in [1.82, 2.24) is 5.32 Å². The molecule has 0 aliphatic rings. The molecule has 0 spiro atoms. The number of hydrogen-bond acceptors (Lipinski definition) is 2. The molecule has 0 saturated heterocycles. The van der Waals surface area contributed by atoms with Crippen LogP contribution < -0.4 is 10.6 Å². The van der Waals surface area contributed by atoms with E-state index in [1.165, 1.54) is 0 Å². The Balaban J connectivity index is 2.60. The summed E-state index contributed by atoms with van der Waals surface area (Å²) in [5, 5.41) is 15.1. The fraction of sp³-hybridized carbons (Fsp3) is 0.588. The Labute approximate surface area is 128 Å². The van der Waals surface area contributed by atoms with Crippen LogP contribution in [0.25, 0.3) is 0 Å². The molecule has 4 heteroatoms. The van der Waals surface area contributed by atoms with Gasteiger partial charge < -0.3 is 15.7 Å². The quantitative estimate of drug-likeness (QED) is 0.777. The van der Waals surface area contributed by atoms with Gasteiger partial charge in [-0.15, -0.1) is 0 Å². The summed E-state index contributed by atoms with van der Waals surface area (Å²) in [6, 6.07) is 7.64. The molecule has 0 aliphatic heterocycles. The van der Waals surface area contributed by atoms with Crippen LogP contribution in [0.15, 0.2) is 24.3 Å². The number of carbonyl (C=O) groups is 1. The summed E-state index contributed by atoms with van der Waals surface area (Å²) < 4.78 is 0. The van der Waals surface area contributed by atoms with Crippen LogP contribution >= 0.6 is 0 Å². The third-order valence-electron chi connectivity index (χ3n) is 3.34. The molecule has 1 aromatic carbocycles. The van der Waals surface area contributed by atoms with Gasteiger partial charge in [0.25, 0.3) is 0 Å². The zero-order valence-corrected chi connectivity index (χ0v) is 13.7. The molecular weight excluding hydrogens is 264 g/mol. The van der Waals surface area contributed by atoms with E-state index in [0.717, 1.165) is 11.3 Å². The molecule has 0 heterocycles. The summed E-state index contributed by atoms with van der Waals surface area (Å²) in [6.45, 7) is 10.7. The van der Waals surface area contributed by atoms with Gasteiger partial charge in [-0.25, -0.2) is 4.79 Å². The van der Waals surface area contributed by atoms with Gasteiger partial charge in [0.1, 0.15) is 0 Å². The molecule has 1 rings (SSSR count). The minimum Gasteiger partial charge on any atom is -0.393 e. The highest BCUT2D eigenvalue weighted by atomic mass is 16.3. The molecule has 1 aromatic rings. The van der Waals surface area contributed by atoms with Gasteiger partial charge in [-0.1, -0.05) is 45.9 Å². The van der Waals surface area contributed by atoms with Crippen molar-refractivity contribution in [3.8, 4) is 0 Å². The second kappa shape index (κ2) is 7.46. The SMILES string of the molecule is CC(O)CC(C)CNC(=O)Nc1ccccc1C(C)(C)C. The molecule has 21 heavy (non-hydrogen) atoms. The first-order valence-corrected chi connectivity index (χ1v) is 7.52. The first-order chi connectivity index (χ1) is 9.70. The van der Waals surface area contributed by atoms with E-state index in [2.05, 4.69) is 31.4 Å². The molecule has 0 radical (unpaired) electrons. The summed E-state index contributed by atoms with van der Waals surface area (Å²) in [4.78, 5) is 12.0. The fourth-order valence-electron chi connectivity index (χ4n) is 2.35. The zero-order valence-electron chi connectivity index (χ0n) is 13.7. The number of amides is 2. The Hall–Kier alpha value is -1.55. The van der Waals surface area contributed by atoms with Crippen LogP contribution in [0.4, 0.5) is 10.5 Å². The molecule has 0 aromatic heterocycles. The molecule has 2 amide bonds. The lowest BCUT2D eigenvalue weighted by Gasteiger charge is -2.23. The second-order valence-electron chi connectivity index (χ2n) is 6.82. The van der Waals surface area contributed by atoms with Crippen LogP contribution in [-0.2, 0) is 5.41 Å². The molecule has 2 atom stereocenters. The van der Waals surface area contributed by atoms with Crippen molar-refractivity contribution in [2.45, 2.75) is 52.6 Å². The van der Waals surface area contributed by atoms with Crippen molar-refractivity contribution in [1.29, 1.82) is 0 Å². The number of hydrogen-bond donors (Lipinski definition) is 3. The maximum atomic E-state index is 12.0. The number of urea groups is 1. The number of carbonyl (C=O) groups excluding carboxylic acids is 1. The van der Waals surface area contributed by atoms with E-state index < -0.39 is 0 Å². The van der Waals surface area contributed by atoms with Crippen molar-refractivity contribution in [3.63, 3.8) is 0 Å². The second-order valence-corrected chi connectivity index (χ2v) is 6.82. The number of nitrogens with one attached hydrogen (secondary N) is 2. The molecule has 118 valence electrons. The maximum Gasteiger partial charge on any atom is 0.319 e. The van der Waals surface area contributed by atoms with Gasteiger partial charge in [0.2, 0.25) is 0 Å². The van der Waals surface area contributed by atoms with Crippen molar-refractivity contribution < 1.29 is 9.90 Å². The Kier molecular flexibility index (Phi) is 6.21. The summed E-state index contributed by atoms with van der Waals surface area (Å²) >= 11 is 0. The van der Waals surface area contributed by atoms with E-state index in [1.54, 1.807) is 6.92 Å². The highest BCUT2D eigenvalue weighted by molar-refractivity contribution is 5.90. The van der Waals surface area contributed by atoms with E-state index in [9.17, 15) is 9.90 Å². The van der Waals surface area contributed by atoms with E-state index in [-0.39, 0.29) is 23.5 Å². The van der Waals surface area contributed by atoms with Gasteiger partial charge in [0.15, 0.2) is 0 Å². The van der Waals surface area contributed by atoms with Gasteiger partial charge in [-0.3, -0.25) is 0 Å². The molecule has 0 bridgehead atoms. The highest BCUT2D eigenvalue weighted by Crippen LogP contribution is 2.29. The van der Waals surface area contributed by atoms with Crippen LogP contribution in [0.5, 0.6) is 0 Å². The summed E-state index contributed by atoms with van der Waals surface area (Å²) in [5.74, 6) is 0.244. The Morgan fingerprint density at radius 2 is 1.86 bits per heavy atom. The lowest BCUT2D eigenvalue weighted by atomic mass is 9.86. The number of benzene rings is 1. The van der Waals surface area contributed by atoms with Gasteiger partial charge in [-0.2, -0.15) is 0 Å². The molecule has 2 unspecified atom stereocenters. The van der Waals surface area contributed by atoms with Gasteiger partial charge in [0.05, 0.1) is 6.10 Å². The predicted molar refractivity (Wildman–Crippen MR) is 87.6 cm³/mol. The van der Waals surface area contributed by atoms with Crippen molar-refractivity contribution in [3.05, 3.63) is 29.8 Å². The average molecular weight is 292 g/mol. The molecule has 4 nitrogen and oxygen atoms in total. The van der Waals surface area contributed by atoms with Gasteiger partial charge in [0, 0.05) is 12.2 Å². The van der Waals surface area contributed by atoms with Crippen molar-refractivity contribution in [2.24, 2.45) is 5.92 Å². The normalized spacial score (nSPS) is 14.4. The van der Waals surface area contributed by atoms with Crippen LogP contribution in [0.1, 0.15) is 46.6 Å². The smallest absolute Gasteiger partial charge is 0.319 e. The zero-order chi connectivity index (χ0) is 16.0. The minimum atomic E-state index is -0.341. The monoisotopic (exact) mass is 292 g/mol. The van der Waals surface area contributed by atoms with Crippen molar-refractivity contribution in [2.75, 3.05) is 11.9 Å². The summed E-state index contributed by atoms with van der Waals surface area (Å²) in [7, 11) is 0. The molecule has 0 aliphatic carbocycles. The fourth-order valence-corrected chi connectivity index (χ4v) is 2.35. The van der Waals surface area contributed by atoms with E-state index in [4.69, 9.17) is 0 Å². The van der Waals surface area contributed by atoms with Crippen molar-refractivity contribution >= 4 is 11.7 Å². The third kappa shape index (κ3) is 6.17. The van der Waals surface area contributed by atoms with Crippen LogP contribution in [0.3, 0.4) is 0 Å². The van der Waals surface area contributed by atoms with Gasteiger partial charge >= 0.3 is 6.03 Å². The van der Waals surface area contributed by atoms with E-state index in [1.807, 2.05) is 31.2 Å². The first-order valence-electron chi connectivity index (χ1n) is 7.52. The number of aliphatic hydroxyl groups is 1. The lowest BCUT2D eigenvalue weighted by molar-refractivity contribution is 0.163. The summed E-state index contributed by atoms with van der Waals surface area (Å²) in [6.07, 6.45) is 0.338. The first kappa shape index (κ1) is 17.5. The topological polar surface area (TPSA) is 61.4 Å². The predicted octanol–water partition coefficient (Wildman–Crippen LogP) is 3.51. The minimum absolute atomic E-state index is 0.0243.